The molecule has 3 nitrogen and oxygen atoms in total. The predicted molar refractivity (Wildman–Crippen MR) is 96.6 cm³/mol. The van der Waals surface area contributed by atoms with Crippen LogP contribution in [0.3, 0.4) is 0 Å². The van der Waals surface area contributed by atoms with Crippen molar-refractivity contribution in [1.82, 2.24) is 15.3 Å². The van der Waals surface area contributed by atoms with Crippen LogP contribution in [-0.4, -0.2) is 28.5 Å². The average Bonchev–Trinajstić information content (AvgIpc) is 2.40. The Kier molecular flexibility index (Phi) is 5.54. The van der Waals surface area contributed by atoms with Gasteiger partial charge in [0.1, 0.15) is 5.82 Å². The van der Waals surface area contributed by atoms with Gasteiger partial charge in [0, 0.05) is 28.9 Å². The minimum Gasteiger partial charge on any atom is -0.310 e. The van der Waals surface area contributed by atoms with Crippen LogP contribution in [0.5, 0.6) is 0 Å². The molecular formula is C18H31N3S. The van der Waals surface area contributed by atoms with Crippen LogP contribution in [0.15, 0.2) is 6.20 Å². The van der Waals surface area contributed by atoms with Gasteiger partial charge in [0.05, 0.1) is 0 Å². The molecule has 0 bridgehead atoms. The van der Waals surface area contributed by atoms with Crippen LogP contribution in [0, 0.1) is 5.41 Å². The van der Waals surface area contributed by atoms with Crippen molar-refractivity contribution in [3.63, 3.8) is 0 Å². The van der Waals surface area contributed by atoms with Crippen LogP contribution in [0.2, 0.25) is 0 Å². The summed E-state index contributed by atoms with van der Waals surface area (Å²) in [5.74, 6) is 2.18. The fourth-order valence-corrected chi connectivity index (χ4v) is 3.52. The predicted octanol–water partition coefficient (Wildman–Crippen LogP) is 4.13. The van der Waals surface area contributed by atoms with Gasteiger partial charge in [-0.2, -0.15) is 11.8 Å². The zero-order valence-electron chi connectivity index (χ0n) is 15.0. The Hall–Kier alpha value is -0.610. The molecule has 1 aliphatic carbocycles. The van der Waals surface area contributed by atoms with Crippen LogP contribution in [-0.2, 0) is 11.8 Å². The molecule has 0 saturated carbocycles. The Labute approximate surface area is 140 Å². The molecule has 1 aromatic heterocycles. The SMILES string of the molecule is CSCCCNC1CC(C)(C)Cc2nc(C(C)(C)C)ncc21. The summed E-state index contributed by atoms with van der Waals surface area (Å²) in [4.78, 5) is 9.57. The average molecular weight is 322 g/mol. The van der Waals surface area contributed by atoms with E-state index in [1.807, 2.05) is 11.8 Å². The largest absolute Gasteiger partial charge is 0.310 e. The van der Waals surface area contributed by atoms with Gasteiger partial charge in [-0.3, -0.25) is 0 Å². The van der Waals surface area contributed by atoms with Gasteiger partial charge in [-0.05, 0) is 43.2 Å². The fourth-order valence-electron chi connectivity index (χ4n) is 3.08. The summed E-state index contributed by atoms with van der Waals surface area (Å²) in [6, 6.07) is 0.398. The summed E-state index contributed by atoms with van der Waals surface area (Å²) in [7, 11) is 0. The molecule has 1 heterocycles. The van der Waals surface area contributed by atoms with Crippen molar-refractivity contribution >= 4 is 11.8 Å². The number of nitrogens with zero attached hydrogens (tertiary/aromatic N) is 2. The Morgan fingerprint density at radius 3 is 2.73 bits per heavy atom. The van der Waals surface area contributed by atoms with E-state index >= 15 is 0 Å². The van der Waals surface area contributed by atoms with Crippen LogP contribution >= 0.6 is 11.8 Å². The molecule has 0 saturated heterocycles. The molecule has 1 N–H and O–H groups in total. The third-order valence-corrected chi connectivity index (χ3v) is 4.96. The van der Waals surface area contributed by atoms with Gasteiger partial charge in [-0.1, -0.05) is 34.6 Å². The van der Waals surface area contributed by atoms with Gasteiger partial charge in [0.25, 0.3) is 0 Å². The highest BCUT2D eigenvalue weighted by Gasteiger charge is 2.34. The van der Waals surface area contributed by atoms with Gasteiger partial charge >= 0.3 is 0 Å². The first-order chi connectivity index (χ1) is 10.2. The first-order valence-corrected chi connectivity index (χ1v) is 9.71. The lowest BCUT2D eigenvalue weighted by atomic mass is 9.74. The molecular weight excluding hydrogens is 290 g/mol. The maximum atomic E-state index is 4.92. The molecule has 1 aromatic rings. The van der Waals surface area contributed by atoms with E-state index in [-0.39, 0.29) is 5.41 Å². The van der Waals surface area contributed by atoms with Crippen LogP contribution < -0.4 is 5.32 Å². The molecule has 0 spiro atoms. The van der Waals surface area contributed by atoms with Crippen molar-refractivity contribution in [2.75, 3.05) is 18.6 Å². The zero-order chi connectivity index (χ0) is 16.4. The Bertz CT molecular complexity index is 506. The molecule has 124 valence electrons. The summed E-state index contributed by atoms with van der Waals surface area (Å²) in [5, 5.41) is 3.73. The van der Waals surface area contributed by atoms with Gasteiger partial charge in [0.15, 0.2) is 0 Å². The van der Waals surface area contributed by atoms with E-state index in [0.717, 1.165) is 25.2 Å². The number of thioether (sulfide) groups is 1. The number of hydrogen-bond acceptors (Lipinski definition) is 4. The minimum absolute atomic E-state index is 0.0118. The van der Waals surface area contributed by atoms with Gasteiger partial charge < -0.3 is 5.32 Å². The first-order valence-electron chi connectivity index (χ1n) is 8.31. The van der Waals surface area contributed by atoms with Crippen molar-refractivity contribution in [3.8, 4) is 0 Å². The molecule has 22 heavy (non-hydrogen) atoms. The van der Waals surface area contributed by atoms with Crippen molar-refractivity contribution < 1.29 is 0 Å². The highest BCUT2D eigenvalue weighted by atomic mass is 32.2. The third-order valence-electron chi connectivity index (χ3n) is 4.26. The lowest BCUT2D eigenvalue weighted by Crippen LogP contribution is -2.35. The summed E-state index contributed by atoms with van der Waals surface area (Å²) in [6.07, 6.45) is 7.67. The highest BCUT2D eigenvalue weighted by molar-refractivity contribution is 7.98. The Morgan fingerprint density at radius 2 is 2.09 bits per heavy atom. The molecule has 0 aliphatic heterocycles. The molecule has 0 fully saturated rings. The molecule has 2 rings (SSSR count). The van der Waals surface area contributed by atoms with E-state index < -0.39 is 0 Å². The van der Waals surface area contributed by atoms with E-state index in [4.69, 9.17) is 4.98 Å². The van der Waals surface area contributed by atoms with Gasteiger partial charge in [-0.25, -0.2) is 9.97 Å². The smallest absolute Gasteiger partial charge is 0.133 e. The molecule has 0 aromatic carbocycles. The monoisotopic (exact) mass is 321 g/mol. The fraction of sp³-hybridized carbons (Fsp3) is 0.778. The number of hydrogen-bond donors (Lipinski definition) is 1. The molecule has 1 aliphatic rings. The maximum Gasteiger partial charge on any atom is 0.133 e. The standard InChI is InChI=1S/C18H31N3S/c1-17(2,3)16-20-12-13-14(19-8-7-9-22-6)10-18(4,5)11-15(13)21-16/h12,14,19H,7-11H2,1-6H3. The van der Waals surface area contributed by atoms with E-state index in [0.29, 0.717) is 11.5 Å². The molecule has 0 radical (unpaired) electrons. The minimum atomic E-state index is 0.0118. The second-order valence-electron chi connectivity index (χ2n) is 8.24. The summed E-state index contributed by atoms with van der Waals surface area (Å²) >= 11 is 1.91. The maximum absolute atomic E-state index is 4.92. The third kappa shape index (κ3) is 4.45. The summed E-state index contributed by atoms with van der Waals surface area (Å²) in [6.45, 7) is 12.3. The Morgan fingerprint density at radius 1 is 1.36 bits per heavy atom. The second-order valence-corrected chi connectivity index (χ2v) is 9.23. The molecule has 1 atom stereocenters. The van der Waals surface area contributed by atoms with Crippen LogP contribution in [0.4, 0.5) is 0 Å². The number of aromatic nitrogens is 2. The number of nitrogens with one attached hydrogen (secondary N) is 1. The van der Waals surface area contributed by atoms with Crippen molar-refractivity contribution in [2.24, 2.45) is 5.41 Å². The highest BCUT2D eigenvalue weighted by Crippen LogP contribution is 2.40. The second kappa shape index (κ2) is 6.88. The topological polar surface area (TPSA) is 37.8 Å². The lowest BCUT2D eigenvalue weighted by molar-refractivity contribution is 0.252. The number of rotatable bonds is 5. The van der Waals surface area contributed by atoms with Gasteiger partial charge in [0.2, 0.25) is 0 Å². The Balaban J connectivity index is 2.21. The van der Waals surface area contributed by atoms with Crippen LogP contribution in [0.1, 0.15) is 70.6 Å². The van der Waals surface area contributed by atoms with Crippen LogP contribution in [0.25, 0.3) is 0 Å². The molecule has 0 amide bonds. The van der Waals surface area contributed by atoms with Crippen molar-refractivity contribution in [2.45, 2.75) is 65.3 Å². The van der Waals surface area contributed by atoms with E-state index in [2.05, 4.69) is 57.4 Å². The zero-order valence-corrected chi connectivity index (χ0v) is 15.8. The van der Waals surface area contributed by atoms with Crippen molar-refractivity contribution in [3.05, 3.63) is 23.3 Å². The quantitative estimate of drug-likeness (QED) is 0.828. The van der Waals surface area contributed by atoms with E-state index in [9.17, 15) is 0 Å². The summed E-state index contributed by atoms with van der Waals surface area (Å²) in [5.41, 5.74) is 2.88. The van der Waals surface area contributed by atoms with E-state index in [1.165, 1.54) is 23.4 Å². The first kappa shape index (κ1) is 17.7. The summed E-state index contributed by atoms with van der Waals surface area (Å²) < 4.78 is 0. The molecule has 4 heteroatoms. The lowest BCUT2D eigenvalue weighted by Gasteiger charge is -2.37. The molecule has 1 unspecified atom stereocenters. The number of fused-ring (bicyclic) bond motifs is 1. The van der Waals surface area contributed by atoms with Gasteiger partial charge in [-0.15, -0.1) is 0 Å². The van der Waals surface area contributed by atoms with Crippen molar-refractivity contribution in [1.29, 1.82) is 0 Å². The normalized spacial score (nSPS) is 20.7. The van der Waals surface area contributed by atoms with E-state index in [1.54, 1.807) is 0 Å².